The lowest BCUT2D eigenvalue weighted by Crippen LogP contribution is -2.18. The van der Waals surface area contributed by atoms with Crippen LogP contribution in [0.2, 0.25) is 0 Å². The van der Waals surface area contributed by atoms with Crippen LogP contribution >= 0.6 is 45.3 Å². The minimum absolute atomic E-state index is 0.0247. The molecule has 1 aliphatic rings. The molecule has 0 spiro atoms. The number of hydrogen-bond acceptors (Lipinski definition) is 6. The van der Waals surface area contributed by atoms with Crippen LogP contribution in [0, 0.1) is 0 Å². The Balaban J connectivity index is 1.87. The van der Waals surface area contributed by atoms with Crippen molar-refractivity contribution in [3.8, 4) is 19.5 Å². The lowest BCUT2D eigenvalue weighted by Gasteiger charge is -2.13. The molecule has 2 nitrogen and oxygen atoms in total. The van der Waals surface area contributed by atoms with Crippen LogP contribution in [0.3, 0.4) is 0 Å². The van der Waals surface area contributed by atoms with Gasteiger partial charge in [0.1, 0.15) is 0 Å². The highest BCUT2D eigenvalue weighted by atomic mass is 32.1. The molecule has 0 unspecified atom stereocenters. The molecule has 0 saturated heterocycles. The maximum Gasteiger partial charge on any atom is 0.196 e. The first kappa shape index (κ1) is 14.5. The van der Waals surface area contributed by atoms with E-state index in [4.69, 9.17) is 0 Å². The largest absolute Gasteiger partial charge is 0.288 e. The predicted molar refractivity (Wildman–Crippen MR) is 102 cm³/mol. The van der Waals surface area contributed by atoms with E-state index in [-0.39, 0.29) is 11.6 Å². The van der Waals surface area contributed by atoms with Crippen LogP contribution in [0.5, 0.6) is 0 Å². The zero-order valence-corrected chi connectivity index (χ0v) is 15.3. The van der Waals surface area contributed by atoms with Crippen molar-refractivity contribution in [2.24, 2.45) is 0 Å². The van der Waals surface area contributed by atoms with Crippen LogP contribution < -0.4 is 0 Å². The van der Waals surface area contributed by atoms with Crippen molar-refractivity contribution in [2.45, 2.75) is 0 Å². The van der Waals surface area contributed by atoms with Gasteiger partial charge in [0.2, 0.25) is 0 Å². The molecule has 116 valence electrons. The topological polar surface area (TPSA) is 34.1 Å². The molecule has 1 aliphatic carbocycles. The van der Waals surface area contributed by atoms with Gasteiger partial charge in [-0.2, -0.15) is 11.3 Å². The second-order valence-electron chi connectivity index (χ2n) is 5.32. The third kappa shape index (κ3) is 1.91. The van der Waals surface area contributed by atoms with Gasteiger partial charge in [-0.15, -0.1) is 34.0 Å². The molecule has 0 aliphatic heterocycles. The van der Waals surface area contributed by atoms with E-state index in [2.05, 4.69) is 0 Å². The first-order valence-corrected chi connectivity index (χ1v) is 10.7. The van der Waals surface area contributed by atoms with Crippen molar-refractivity contribution in [1.29, 1.82) is 0 Å². The molecule has 0 aromatic carbocycles. The molecule has 5 rings (SSSR count). The SMILES string of the molecule is O=C1c2cscc2C(=O)c2c(-c3cccs3)sc(-c3cccs3)c21. The maximum absolute atomic E-state index is 13.1. The monoisotopic (exact) mass is 384 g/mol. The molecule has 24 heavy (non-hydrogen) atoms. The van der Waals surface area contributed by atoms with Crippen LogP contribution in [0.15, 0.2) is 45.8 Å². The second kappa shape index (κ2) is 5.32. The van der Waals surface area contributed by atoms with Gasteiger partial charge >= 0.3 is 0 Å². The van der Waals surface area contributed by atoms with Gasteiger partial charge < -0.3 is 0 Å². The Bertz CT molecular complexity index is 995. The van der Waals surface area contributed by atoms with Crippen molar-refractivity contribution in [3.63, 3.8) is 0 Å². The number of ketones is 2. The summed E-state index contributed by atoms with van der Waals surface area (Å²) >= 11 is 6.16. The third-order valence-corrected chi connectivity index (χ3v) is 8.04. The van der Waals surface area contributed by atoms with Gasteiger partial charge in [0.05, 0.1) is 20.9 Å². The van der Waals surface area contributed by atoms with E-state index in [1.165, 1.54) is 11.3 Å². The van der Waals surface area contributed by atoms with E-state index in [0.717, 1.165) is 19.5 Å². The van der Waals surface area contributed by atoms with E-state index in [1.54, 1.807) is 44.8 Å². The fraction of sp³-hybridized carbons (Fsp3) is 0. The summed E-state index contributed by atoms with van der Waals surface area (Å²) in [6.45, 7) is 0. The maximum atomic E-state index is 13.1. The summed E-state index contributed by atoms with van der Waals surface area (Å²) in [5, 5.41) is 7.58. The molecule has 0 amide bonds. The Kier molecular flexibility index (Phi) is 3.21. The molecule has 4 heterocycles. The molecule has 4 aromatic rings. The highest BCUT2D eigenvalue weighted by Crippen LogP contribution is 2.48. The van der Waals surface area contributed by atoms with Crippen LogP contribution in [-0.4, -0.2) is 11.6 Å². The first-order chi connectivity index (χ1) is 11.8. The summed E-state index contributed by atoms with van der Waals surface area (Å²) in [5.74, 6) is -0.0494. The van der Waals surface area contributed by atoms with Gasteiger partial charge in [0, 0.05) is 31.6 Å². The van der Waals surface area contributed by atoms with E-state index < -0.39 is 0 Å². The number of rotatable bonds is 2. The first-order valence-electron chi connectivity index (χ1n) is 7.16. The molecular formula is C18H8O2S4. The Morgan fingerprint density at radius 1 is 0.708 bits per heavy atom. The van der Waals surface area contributed by atoms with Gasteiger partial charge in [-0.3, -0.25) is 9.59 Å². The van der Waals surface area contributed by atoms with E-state index in [1.807, 2.05) is 35.0 Å². The lowest BCUT2D eigenvalue weighted by molar-refractivity contribution is 0.0982. The van der Waals surface area contributed by atoms with Crippen molar-refractivity contribution in [1.82, 2.24) is 0 Å². The fourth-order valence-corrected chi connectivity index (χ4v) is 6.77. The summed E-state index contributed by atoms with van der Waals surface area (Å²) in [6.07, 6.45) is 0. The lowest BCUT2D eigenvalue weighted by atomic mass is 9.86. The van der Waals surface area contributed by atoms with Gasteiger partial charge in [-0.05, 0) is 22.9 Å². The van der Waals surface area contributed by atoms with Crippen molar-refractivity contribution in [2.75, 3.05) is 0 Å². The zero-order chi connectivity index (χ0) is 16.3. The van der Waals surface area contributed by atoms with Crippen molar-refractivity contribution < 1.29 is 9.59 Å². The van der Waals surface area contributed by atoms with E-state index in [0.29, 0.717) is 22.3 Å². The summed E-state index contributed by atoms with van der Waals surface area (Å²) in [5.41, 5.74) is 2.26. The summed E-state index contributed by atoms with van der Waals surface area (Å²) < 4.78 is 0. The van der Waals surface area contributed by atoms with Gasteiger partial charge in [0.25, 0.3) is 0 Å². The highest BCUT2D eigenvalue weighted by molar-refractivity contribution is 7.26. The van der Waals surface area contributed by atoms with Crippen LogP contribution in [0.4, 0.5) is 0 Å². The minimum Gasteiger partial charge on any atom is -0.288 e. The molecule has 0 fully saturated rings. The highest BCUT2D eigenvalue weighted by Gasteiger charge is 2.37. The Morgan fingerprint density at radius 2 is 1.21 bits per heavy atom. The number of thiophene rings is 4. The molecule has 0 radical (unpaired) electrons. The molecule has 4 aromatic heterocycles. The molecule has 0 atom stereocenters. The minimum atomic E-state index is -0.0247. The van der Waals surface area contributed by atoms with Gasteiger partial charge in [0.15, 0.2) is 11.6 Å². The molecule has 0 N–H and O–H groups in total. The number of carbonyl (C=O) groups excluding carboxylic acids is 2. The summed E-state index contributed by atoms with van der Waals surface area (Å²) in [6, 6.07) is 7.97. The smallest absolute Gasteiger partial charge is 0.196 e. The Hall–Kier alpha value is -1.86. The third-order valence-electron chi connectivity index (χ3n) is 4.00. The van der Waals surface area contributed by atoms with Gasteiger partial charge in [-0.25, -0.2) is 0 Å². The average Bonchev–Trinajstić information content (AvgIpc) is 3.39. The van der Waals surface area contributed by atoms with Crippen LogP contribution in [0.25, 0.3) is 19.5 Å². The summed E-state index contributed by atoms with van der Waals surface area (Å²) in [4.78, 5) is 30.1. The molecule has 0 bridgehead atoms. The Morgan fingerprint density at radius 3 is 1.62 bits per heavy atom. The number of carbonyl (C=O) groups is 2. The molecule has 0 saturated carbocycles. The van der Waals surface area contributed by atoms with E-state index in [9.17, 15) is 9.59 Å². The predicted octanol–water partition coefficient (Wildman–Crippen LogP) is 6.04. The second-order valence-corrected chi connectivity index (χ2v) is 8.98. The molecule has 6 heteroatoms. The number of fused-ring (bicyclic) bond motifs is 2. The summed E-state index contributed by atoms with van der Waals surface area (Å²) in [7, 11) is 0. The van der Waals surface area contributed by atoms with Crippen LogP contribution in [0.1, 0.15) is 31.8 Å². The number of hydrogen-bond donors (Lipinski definition) is 0. The van der Waals surface area contributed by atoms with Crippen molar-refractivity contribution >= 4 is 56.9 Å². The molecular weight excluding hydrogens is 376 g/mol. The van der Waals surface area contributed by atoms with Crippen LogP contribution in [-0.2, 0) is 0 Å². The quantitative estimate of drug-likeness (QED) is 0.372. The normalized spacial score (nSPS) is 13.2. The zero-order valence-electron chi connectivity index (χ0n) is 12.1. The van der Waals surface area contributed by atoms with E-state index >= 15 is 0 Å². The fourth-order valence-electron chi connectivity index (χ4n) is 2.95. The Labute approximate surface area is 153 Å². The standard InChI is InChI=1S/C18H8O2S4/c19-15-9-7-21-8-10(9)16(20)14-13(15)17(11-3-1-5-22-11)24-18(14)12-4-2-6-23-12/h1-8H. The van der Waals surface area contributed by atoms with Crippen molar-refractivity contribution in [3.05, 3.63) is 68.0 Å². The van der Waals surface area contributed by atoms with Gasteiger partial charge in [-0.1, -0.05) is 12.1 Å². The average molecular weight is 385 g/mol.